The molecule has 1 aromatic carbocycles. The maximum absolute atomic E-state index is 11.5. The molecule has 1 aromatic rings. The summed E-state index contributed by atoms with van der Waals surface area (Å²) in [5.41, 5.74) is 5.94. The maximum Gasteiger partial charge on any atom is 0.337 e. The monoisotopic (exact) mass is 238 g/mol. The Morgan fingerprint density at radius 3 is 2.65 bits per heavy atom. The van der Waals surface area contributed by atoms with Crippen molar-refractivity contribution >= 4 is 23.3 Å². The number of benzene rings is 1. The summed E-state index contributed by atoms with van der Waals surface area (Å²) in [7, 11) is 1.39. The molecule has 0 fully saturated rings. The minimum Gasteiger partial charge on any atom is -0.478 e. The van der Waals surface area contributed by atoms with Crippen molar-refractivity contribution in [2.75, 3.05) is 18.2 Å². The number of aromatic carboxylic acids is 1. The van der Waals surface area contributed by atoms with Gasteiger partial charge in [0.1, 0.15) is 6.10 Å². The molecule has 0 aromatic heterocycles. The molecule has 6 heteroatoms. The third-order valence-corrected chi connectivity index (χ3v) is 2.25. The summed E-state index contributed by atoms with van der Waals surface area (Å²) >= 11 is 0. The number of carbonyl (C=O) groups is 2. The van der Waals surface area contributed by atoms with Crippen LogP contribution in [0.2, 0.25) is 0 Å². The molecule has 1 rings (SSSR count). The Balaban J connectivity index is 2.98. The summed E-state index contributed by atoms with van der Waals surface area (Å²) in [5.74, 6) is -1.57. The number of rotatable bonds is 4. The van der Waals surface area contributed by atoms with Gasteiger partial charge >= 0.3 is 5.97 Å². The Kier molecular flexibility index (Phi) is 4.06. The van der Waals surface area contributed by atoms with Gasteiger partial charge in [-0.15, -0.1) is 0 Å². The van der Waals surface area contributed by atoms with Crippen LogP contribution in [0.5, 0.6) is 0 Å². The fraction of sp³-hybridized carbons (Fsp3) is 0.273. The zero-order chi connectivity index (χ0) is 13.0. The van der Waals surface area contributed by atoms with Gasteiger partial charge in [0.05, 0.1) is 11.3 Å². The molecule has 17 heavy (non-hydrogen) atoms. The first-order valence-electron chi connectivity index (χ1n) is 4.92. The van der Waals surface area contributed by atoms with Crippen molar-refractivity contribution in [2.45, 2.75) is 13.0 Å². The molecule has 0 bridgehead atoms. The maximum atomic E-state index is 11.5. The van der Waals surface area contributed by atoms with Gasteiger partial charge in [-0.3, -0.25) is 4.79 Å². The van der Waals surface area contributed by atoms with Gasteiger partial charge in [0.25, 0.3) is 5.91 Å². The Hall–Kier alpha value is -2.08. The molecule has 0 aliphatic heterocycles. The molecule has 1 unspecified atom stereocenters. The Labute approximate surface area is 98.4 Å². The minimum atomic E-state index is -1.15. The highest BCUT2D eigenvalue weighted by atomic mass is 16.5. The van der Waals surface area contributed by atoms with Crippen LogP contribution in [0.1, 0.15) is 17.3 Å². The predicted octanol–water partition coefficient (Wildman–Crippen LogP) is 0.940. The third-order valence-electron chi connectivity index (χ3n) is 2.25. The molecule has 0 aliphatic rings. The fourth-order valence-corrected chi connectivity index (χ4v) is 1.19. The predicted molar refractivity (Wildman–Crippen MR) is 62.9 cm³/mol. The average molecular weight is 238 g/mol. The number of hydrogen-bond acceptors (Lipinski definition) is 4. The zero-order valence-corrected chi connectivity index (χ0v) is 9.56. The third kappa shape index (κ3) is 3.18. The van der Waals surface area contributed by atoms with Crippen LogP contribution in [-0.4, -0.2) is 30.2 Å². The van der Waals surface area contributed by atoms with E-state index in [0.717, 1.165) is 0 Å². The van der Waals surface area contributed by atoms with Gasteiger partial charge in [-0.05, 0) is 25.1 Å². The lowest BCUT2D eigenvalue weighted by atomic mass is 10.1. The van der Waals surface area contributed by atoms with Crippen LogP contribution >= 0.6 is 0 Å². The van der Waals surface area contributed by atoms with Crippen LogP contribution in [-0.2, 0) is 9.53 Å². The number of carbonyl (C=O) groups excluding carboxylic acids is 1. The molecule has 0 spiro atoms. The largest absolute Gasteiger partial charge is 0.478 e. The summed E-state index contributed by atoms with van der Waals surface area (Å²) in [4.78, 5) is 22.5. The topological polar surface area (TPSA) is 102 Å². The van der Waals surface area contributed by atoms with Gasteiger partial charge in [-0.25, -0.2) is 4.79 Å². The summed E-state index contributed by atoms with van der Waals surface area (Å²) in [6, 6.07) is 4.24. The minimum absolute atomic E-state index is 0.0540. The lowest BCUT2D eigenvalue weighted by Crippen LogP contribution is -2.27. The number of nitrogens with two attached hydrogens (primary N) is 1. The molecular weight excluding hydrogens is 224 g/mol. The first-order chi connectivity index (χ1) is 7.95. The molecule has 4 N–H and O–H groups in total. The smallest absolute Gasteiger partial charge is 0.337 e. The van der Waals surface area contributed by atoms with Gasteiger partial charge in [0, 0.05) is 12.8 Å². The van der Waals surface area contributed by atoms with Crippen molar-refractivity contribution in [3.05, 3.63) is 23.8 Å². The van der Waals surface area contributed by atoms with Gasteiger partial charge in [-0.1, -0.05) is 0 Å². The van der Waals surface area contributed by atoms with E-state index in [1.54, 1.807) is 6.92 Å². The Morgan fingerprint density at radius 1 is 1.47 bits per heavy atom. The molecule has 6 nitrogen and oxygen atoms in total. The van der Waals surface area contributed by atoms with Gasteiger partial charge < -0.3 is 20.9 Å². The van der Waals surface area contributed by atoms with E-state index in [0.29, 0.717) is 5.69 Å². The van der Waals surface area contributed by atoms with E-state index in [1.807, 2.05) is 0 Å². The number of carboxylic acids is 1. The summed E-state index contributed by atoms with van der Waals surface area (Å²) in [6.07, 6.45) is -0.658. The zero-order valence-electron chi connectivity index (χ0n) is 9.56. The normalized spacial score (nSPS) is 11.9. The Bertz CT molecular complexity index is 445. The van der Waals surface area contributed by atoms with Crippen molar-refractivity contribution < 1.29 is 19.4 Å². The highest BCUT2D eigenvalue weighted by Crippen LogP contribution is 2.19. The van der Waals surface area contributed by atoms with Crippen molar-refractivity contribution in [2.24, 2.45) is 0 Å². The number of ether oxygens (including phenoxy) is 1. The number of hydrogen-bond donors (Lipinski definition) is 3. The van der Waals surface area contributed by atoms with E-state index >= 15 is 0 Å². The van der Waals surface area contributed by atoms with Gasteiger partial charge in [0.2, 0.25) is 0 Å². The van der Waals surface area contributed by atoms with E-state index in [1.165, 1.54) is 25.3 Å². The van der Waals surface area contributed by atoms with E-state index < -0.39 is 18.0 Å². The average Bonchev–Trinajstić information content (AvgIpc) is 2.29. The first-order valence-corrected chi connectivity index (χ1v) is 4.92. The second-order valence-electron chi connectivity index (χ2n) is 3.48. The van der Waals surface area contributed by atoms with Crippen LogP contribution in [0, 0.1) is 0 Å². The lowest BCUT2D eigenvalue weighted by Gasteiger charge is -2.12. The van der Waals surface area contributed by atoms with Crippen LogP contribution < -0.4 is 11.1 Å². The molecule has 1 amide bonds. The second kappa shape index (κ2) is 5.31. The van der Waals surface area contributed by atoms with E-state index in [9.17, 15) is 9.59 Å². The van der Waals surface area contributed by atoms with Crippen molar-refractivity contribution in [1.29, 1.82) is 0 Å². The summed E-state index contributed by atoms with van der Waals surface area (Å²) in [5, 5.41) is 11.4. The van der Waals surface area contributed by atoms with Gasteiger partial charge in [0.15, 0.2) is 0 Å². The number of amides is 1. The van der Waals surface area contributed by atoms with Crippen molar-refractivity contribution in [3.63, 3.8) is 0 Å². The highest BCUT2D eigenvalue weighted by Gasteiger charge is 2.16. The van der Waals surface area contributed by atoms with Crippen LogP contribution in [0.15, 0.2) is 18.2 Å². The second-order valence-corrected chi connectivity index (χ2v) is 3.48. The summed E-state index contributed by atoms with van der Waals surface area (Å²) in [6.45, 7) is 1.56. The van der Waals surface area contributed by atoms with E-state index in [-0.39, 0.29) is 11.3 Å². The van der Waals surface area contributed by atoms with Crippen molar-refractivity contribution in [3.8, 4) is 0 Å². The SMILES string of the molecule is COC(C)C(=O)Nc1ccc(N)cc1C(=O)O. The molecule has 0 heterocycles. The van der Waals surface area contributed by atoms with Crippen LogP contribution in [0.4, 0.5) is 11.4 Å². The fourth-order valence-electron chi connectivity index (χ4n) is 1.19. The van der Waals surface area contributed by atoms with Crippen LogP contribution in [0.25, 0.3) is 0 Å². The molecule has 0 aliphatic carbocycles. The van der Waals surface area contributed by atoms with Crippen molar-refractivity contribution in [1.82, 2.24) is 0 Å². The standard InChI is InChI=1S/C11H14N2O4/c1-6(17-2)10(14)13-9-4-3-7(12)5-8(9)11(15)16/h3-6H,12H2,1-2H3,(H,13,14)(H,15,16). The van der Waals surface area contributed by atoms with Gasteiger partial charge in [-0.2, -0.15) is 0 Å². The van der Waals surface area contributed by atoms with Crippen LogP contribution in [0.3, 0.4) is 0 Å². The van der Waals surface area contributed by atoms with E-state index in [2.05, 4.69) is 5.32 Å². The first kappa shape index (κ1) is 13.0. The summed E-state index contributed by atoms with van der Waals surface area (Å²) < 4.78 is 4.82. The molecule has 92 valence electrons. The highest BCUT2D eigenvalue weighted by molar-refractivity contribution is 6.02. The molecule has 0 saturated heterocycles. The lowest BCUT2D eigenvalue weighted by molar-refractivity contribution is -0.124. The number of nitrogens with one attached hydrogen (secondary N) is 1. The number of carboxylic acid groups (broad SMARTS) is 1. The molecule has 0 radical (unpaired) electrons. The molecular formula is C11H14N2O4. The number of anilines is 2. The number of nitrogen functional groups attached to an aromatic ring is 1. The Morgan fingerprint density at radius 2 is 2.12 bits per heavy atom. The number of methoxy groups -OCH3 is 1. The molecule has 1 atom stereocenters. The quantitative estimate of drug-likeness (QED) is 0.677. The van der Waals surface area contributed by atoms with E-state index in [4.69, 9.17) is 15.6 Å². The molecule has 0 saturated carbocycles.